The number of aromatic nitrogens is 1. The van der Waals surface area contributed by atoms with Crippen molar-refractivity contribution >= 4 is 10.9 Å². The molecule has 102 valence electrons. The van der Waals surface area contributed by atoms with Crippen molar-refractivity contribution in [2.75, 3.05) is 6.54 Å². The average molecular weight is 268 g/mol. The van der Waals surface area contributed by atoms with E-state index in [1.54, 1.807) is 12.1 Å². The Bertz CT molecular complexity index is 731. The maximum Gasteiger partial charge on any atom is 0.123 e. The van der Waals surface area contributed by atoms with Crippen molar-refractivity contribution in [1.29, 1.82) is 0 Å². The fourth-order valence-electron chi connectivity index (χ4n) is 2.77. The molecule has 0 aliphatic heterocycles. The Morgan fingerprint density at radius 2 is 1.90 bits per heavy atom. The molecule has 3 rings (SSSR count). The molecule has 2 nitrogen and oxygen atoms in total. The molecule has 1 unspecified atom stereocenters. The highest BCUT2D eigenvalue weighted by atomic mass is 19.1. The smallest absolute Gasteiger partial charge is 0.123 e. The SMILES string of the molecule is Cc1c(C(CN)c2ccccc2)[nH]c2ccc(F)cc12. The van der Waals surface area contributed by atoms with Crippen LogP contribution in [0.3, 0.4) is 0 Å². The lowest BCUT2D eigenvalue weighted by Crippen LogP contribution is -2.15. The van der Waals surface area contributed by atoms with Gasteiger partial charge in [0.2, 0.25) is 0 Å². The zero-order valence-corrected chi connectivity index (χ0v) is 11.4. The molecule has 0 spiro atoms. The van der Waals surface area contributed by atoms with Crippen LogP contribution in [0.5, 0.6) is 0 Å². The summed E-state index contributed by atoms with van der Waals surface area (Å²) in [6.07, 6.45) is 0. The van der Waals surface area contributed by atoms with Crippen LogP contribution in [-0.4, -0.2) is 11.5 Å². The van der Waals surface area contributed by atoms with E-state index < -0.39 is 0 Å². The quantitative estimate of drug-likeness (QED) is 0.747. The summed E-state index contributed by atoms with van der Waals surface area (Å²) in [7, 11) is 0. The van der Waals surface area contributed by atoms with Crippen molar-refractivity contribution in [1.82, 2.24) is 4.98 Å². The summed E-state index contributed by atoms with van der Waals surface area (Å²) < 4.78 is 13.4. The van der Waals surface area contributed by atoms with E-state index in [-0.39, 0.29) is 11.7 Å². The molecule has 0 fully saturated rings. The van der Waals surface area contributed by atoms with E-state index in [0.29, 0.717) is 6.54 Å². The summed E-state index contributed by atoms with van der Waals surface area (Å²) in [5.41, 5.74) is 10.2. The average Bonchev–Trinajstić information content (AvgIpc) is 2.78. The van der Waals surface area contributed by atoms with Gasteiger partial charge < -0.3 is 10.7 Å². The number of fused-ring (bicyclic) bond motifs is 1. The minimum absolute atomic E-state index is 0.103. The predicted octanol–water partition coefficient (Wildman–Crippen LogP) is 3.71. The largest absolute Gasteiger partial charge is 0.358 e. The van der Waals surface area contributed by atoms with Gasteiger partial charge in [0.15, 0.2) is 0 Å². The molecule has 0 saturated heterocycles. The van der Waals surface area contributed by atoms with E-state index in [1.165, 1.54) is 11.6 Å². The van der Waals surface area contributed by atoms with Crippen LogP contribution >= 0.6 is 0 Å². The van der Waals surface area contributed by atoms with Gasteiger partial charge in [-0.15, -0.1) is 0 Å². The van der Waals surface area contributed by atoms with Crippen molar-refractivity contribution in [3.8, 4) is 0 Å². The van der Waals surface area contributed by atoms with Gasteiger partial charge in [0.1, 0.15) is 5.82 Å². The second-order valence-corrected chi connectivity index (χ2v) is 5.05. The van der Waals surface area contributed by atoms with Crippen LogP contribution in [0, 0.1) is 12.7 Å². The van der Waals surface area contributed by atoms with Gasteiger partial charge in [-0.2, -0.15) is 0 Å². The summed E-state index contributed by atoms with van der Waals surface area (Å²) in [5.74, 6) is -0.109. The van der Waals surface area contributed by atoms with Crippen LogP contribution in [-0.2, 0) is 0 Å². The number of nitrogens with two attached hydrogens (primary N) is 1. The Balaban J connectivity index is 2.15. The molecule has 1 aromatic heterocycles. The fraction of sp³-hybridized carbons (Fsp3) is 0.176. The molecule has 1 atom stereocenters. The van der Waals surface area contributed by atoms with Gasteiger partial charge in [0, 0.05) is 29.1 Å². The highest BCUT2D eigenvalue weighted by molar-refractivity contribution is 5.84. The summed E-state index contributed by atoms with van der Waals surface area (Å²) in [5, 5.41) is 0.925. The predicted molar refractivity (Wildman–Crippen MR) is 80.3 cm³/mol. The zero-order chi connectivity index (χ0) is 14.1. The highest BCUT2D eigenvalue weighted by Crippen LogP contribution is 2.31. The normalized spacial score (nSPS) is 12.8. The first-order valence-corrected chi connectivity index (χ1v) is 6.73. The van der Waals surface area contributed by atoms with Crippen LogP contribution < -0.4 is 5.73 Å². The lowest BCUT2D eigenvalue weighted by atomic mass is 9.93. The maximum atomic E-state index is 13.4. The summed E-state index contributed by atoms with van der Waals surface area (Å²) in [6, 6.07) is 15.0. The molecule has 0 aliphatic carbocycles. The van der Waals surface area contributed by atoms with Gasteiger partial charge >= 0.3 is 0 Å². The van der Waals surface area contributed by atoms with Gasteiger partial charge in [-0.25, -0.2) is 4.39 Å². The maximum absolute atomic E-state index is 13.4. The third kappa shape index (κ3) is 2.10. The molecule has 3 heteroatoms. The number of H-pyrrole nitrogens is 1. The third-order valence-corrected chi connectivity index (χ3v) is 3.85. The van der Waals surface area contributed by atoms with Crippen LogP contribution in [0.15, 0.2) is 48.5 Å². The topological polar surface area (TPSA) is 41.8 Å². The molecule has 0 radical (unpaired) electrons. The van der Waals surface area contributed by atoms with Gasteiger partial charge in [-0.3, -0.25) is 0 Å². The number of aromatic amines is 1. The van der Waals surface area contributed by atoms with Gasteiger partial charge in [0.25, 0.3) is 0 Å². The molecular formula is C17H17FN2. The molecule has 0 amide bonds. The lowest BCUT2D eigenvalue weighted by Gasteiger charge is -2.15. The minimum atomic E-state index is -0.213. The van der Waals surface area contributed by atoms with Crippen LogP contribution in [0.1, 0.15) is 22.7 Å². The Kier molecular flexibility index (Phi) is 3.28. The molecular weight excluding hydrogens is 251 g/mol. The molecule has 20 heavy (non-hydrogen) atoms. The molecule has 1 heterocycles. The first-order chi connectivity index (χ1) is 9.70. The molecule has 3 N–H and O–H groups in total. The first kappa shape index (κ1) is 12.9. The second-order valence-electron chi connectivity index (χ2n) is 5.05. The van der Waals surface area contributed by atoms with Crippen LogP contribution in [0.25, 0.3) is 10.9 Å². The minimum Gasteiger partial charge on any atom is -0.358 e. The number of halogens is 1. The molecule has 0 bridgehead atoms. The monoisotopic (exact) mass is 268 g/mol. The van der Waals surface area contributed by atoms with Crippen LogP contribution in [0.2, 0.25) is 0 Å². The summed E-state index contributed by atoms with van der Waals surface area (Å²) in [6.45, 7) is 2.53. The standard InChI is InChI=1S/C17H17FN2/c1-11-14-9-13(18)7-8-16(14)20-17(11)15(10-19)12-5-3-2-4-6-12/h2-9,15,20H,10,19H2,1H3. The Morgan fingerprint density at radius 3 is 2.60 bits per heavy atom. The summed E-state index contributed by atoms with van der Waals surface area (Å²) in [4.78, 5) is 3.39. The van der Waals surface area contributed by atoms with E-state index in [0.717, 1.165) is 22.2 Å². The number of rotatable bonds is 3. The molecule has 3 aromatic rings. The van der Waals surface area contributed by atoms with Crippen molar-refractivity contribution in [3.05, 3.63) is 71.2 Å². The third-order valence-electron chi connectivity index (χ3n) is 3.85. The van der Waals surface area contributed by atoms with Crippen molar-refractivity contribution in [3.63, 3.8) is 0 Å². The molecule has 0 aliphatic rings. The Morgan fingerprint density at radius 1 is 1.15 bits per heavy atom. The van der Waals surface area contributed by atoms with E-state index in [9.17, 15) is 4.39 Å². The first-order valence-electron chi connectivity index (χ1n) is 6.73. The van der Waals surface area contributed by atoms with Gasteiger partial charge in [-0.1, -0.05) is 30.3 Å². The molecule has 0 saturated carbocycles. The van der Waals surface area contributed by atoms with E-state index >= 15 is 0 Å². The van der Waals surface area contributed by atoms with Gasteiger partial charge in [0.05, 0.1) is 0 Å². The number of hydrogen-bond acceptors (Lipinski definition) is 1. The molecule has 2 aromatic carbocycles. The number of nitrogens with one attached hydrogen (secondary N) is 1. The second kappa shape index (κ2) is 5.10. The lowest BCUT2D eigenvalue weighted by molar-refractivity contribution is 0.629. The Labute approximate surface area is 117 Å². The summed E-state index contributed by atoms with van der Waals surface area (Å²) >= 11 is 0. The van der Waals surface area contributed by atoms with Gasteiger partial charge in [-0.05, 0) is 36.2 Å². The zero-order valence-electron chi connectivity index (χ0n) is 11.4. The Hall–Kier alpha value is -2.13. The van der Waals surface area contributed by atoms with E-state index in [1.807, 2.05) is 25.1 Å². The highest BCUT2D eigenvalue weighted by Gasteiger charge is 2.18. The number of aryl methyl sites for hydroxylation is 1. The van der Waals surface area contributed by atoms with E-state index in [2.05, 4.69) is 17.1 Å². The fourth-order valence-corrected chi connectivity index (χ4v) is 2.77. The van der Waals surface area contributed by atoms with Crippen molar-refractivity contribution < 1.29 is 4.39 Å². The van der Waals surface area contributed by atoms with Crippen LogP contribution in [0.4, 0.5) is 4.39 Å². The van der Waals surface area contributed by atoms with Crippen molar-refractivity contribution in [2.45, 2.75) is 12.8 Å². The number of benzene rings is 2. The number of hydrogen-bond donors (Lipinski definition) is 2. The van der Waals surface area contributed by atoms with Crippen molar-refractivity contribution in [2.24, 2.45) is 5.73 Å². The van der Waals surface area contributed by atoms with E-state index in [4.69, 9.17) is 5.73 Å².